The fraction of sp³-hybridized carbons (Fsp3) is 0.273. The molecule has 0 saturated carbocycles. The molecule has 0 unspecified atom stereocenters. The van der Waals surface area contributed by atoms with Gasteiger partial charge in [0.25, 0.3) is 5.91 Å². The summed E-state index contributed by atoms with van der Waals surface area (Å²) in [4.78, 5) is 17.1. The van der Waals surface area contributed by atoms with Gasteiger partial charge in [-0.15, -0.1) is 0 Å². The van der Waals surface area contributed by atoms with E-state index in [1.165, 1.54) is 7.11 Å². The van der Waals surface area contributed by atoms with Gasteiger partial charge in [-0.25, -0.2) is 9.50 Å². The van der Waals surface area contributed by atoms with Crippen molar-refractivity contribution in [1.29, 1.82) is 0 Å². The molecule has 0 aliphatic heterocycles. The van der Waals surface area contributed by atoms with Gasteiger partial charge in [0, 0.05) is 24.8 Å². The highest BCUT2D eigenvalue weighted by Crippen LogP contribution is 2.33. The summed E-state index contributed by atoms with van der Waals surface area (Å²) in [6.07, 6.45) is -1.18. The van der Waals surface area contributed by atoms with E-state index in [0.717, 1.165) is 22.4 Å². The van der Waals surface area contributed by atoms with E-state index in [1.54, 1.807) is 28.9 Å². The van der Waals surface area contributed by atoms with Crippen LogP contribution in [0, 0.1) is 6.92 Å². The van der Waals surface area contributed by atoms with E-state index in [4.69, 9.17) is 4.74 Å². The van der Waals surface area contributed by atoms with Gasteiger partial charge in [-0.3, -0.25) is 9.48 Å². The molecule has 12 heteroatoms. The Kier molecular flexibility index (Phi) is 6.60. The number of benzene rings is 1. The number of nitrogens with one attached hydrogen (secondary N) is 1. The lowest BCUT2D eigenvalue weighted by atomic mass is 10.1. The van der Waals surface area contributed by atoms with Gasteiger partial charge in [0.2, 0.25) is 0 Å². The zero-order valence-electron chi connectivity index (χ0n) is 18.2. The molecule has 4 rings (SSSR count). The summed E-state index contributed by atoms with van der Waals surface area (Å²) in [5.74, 6) is 0.00301. The molecule has 3 heterocycles. The normalized spacial score (nSPS) is 11.7. The second-order valence-electron chi connectivity index (χ2n) is 7.48. The molecule has 34 heavy (non-hydrogen) atoms. The number of aromatic nitrogens is 5. The monoisotopic (exact) mass is 536 g/mol. The minimum absolute atomic E-state index is 0.0430. The Morgan fingerprint density at radius 1 is 1.24 bits per heavy atom. The number of aryl methyl sites for hydroxylation is 2. The van der Waals surface area contributed by atoms with E-state index in [-0.39, 0.29) is 16.9 Å². The molecule has 0 aliphatic rings. The zero-order valence-corrected chi connectivity index (χ0v) is 19.8. The van der Waals surface area contributed by atoms with Crippen molar-refractivity contribution >= 4 is 27.5 Å². The van der Waals surface area contributed by atoms with Crippen molar-refractivity contribution in [2.24, 2.45) is 0 Å². The van der Waals surface area contributed by atoms with Crippen LogP contribution >= 0.6 is 15.9 Å². The van der Waals surface area contributed by atoms with Gasteiger partial charge in [-0.2, -0.15) is 23.4 Å². The Labute approximate surface area is 200 Å². The first-order chi connectivity index (χ1) is 16.2. The molecule has 0 fully saturated rings. The van der Waals surface area contributed by atoms with Gasteiger partial charge in [-0.05, 0) is 59.6 Å². The van der Waals surface area contributed by atoms with Crippen molar-refractivity contribution < 1.29 is 22.7 Å². The van der Waals surface area contributed by atoms with E-state index in [1.807, 2.05) is 13.1 Å². The molecule has 0 spiro atoms. The molecule has 0 bridgehead atoms. The van der Waals surface area contributed by atoms with E-state index in [0.29, 0.717) is 35.3 Å². The van der Waals surface area contributed by atoms with E-state index in [9.17, 15) is 18.0 Å². The van der Waals surface area contributed by atoms with Crippen LogP contribution in [0.4, 0.5) is 13.2 Å². The van der Waals surface area contributed by atoms with Crippen molar-refractivity contribution in [2.45, 2.75) is 26.1 Å². The molecular formula is C22H20BrF3N6O2. The first kappa shape index (κ1) is 23.7. The number of carbonyl (C=O) groups is 1. The molecule has 1 aromatic carbocycles. The first-order valence-corrected chi connectivity index (χ1v) is 11.0. The van der Waals surface area contributed by atoms with Crippen LogP contribution in [0.1, 0.15) is 28.2 Å². The number of hydrogen-bond donors (Lipinski definition) is 1. The number of halogens is 4. The molecular weight excluding hydrogens is 517 g/mol. The minimum Gasteiger partial charge on any atom is -0.497 e. The molecule has 8 nitrogen and oxygen atoms in total. The summed E-state index contributed by atoms with van der Waals surface area (Å²) in [6.45, 7) is 2.74. The average Bonchev–Trinajstić information content (AvgIpc) is 3.38. The van der Waals surface area contributed by atoms with Crippen molar-refractivity contribution in [3.8, 4) is 17.0 Å². The number of rotatable bonds is 7. The third kappa shape index (κ3) is 4.91. The highest BCUT2D eigenvalue weighted by Gasteiger charge is 2.36. The number of fused-ring (bicyclic) bond motifs is 1. The zero-order chi connectivity index (χ0) is 24.5. The third-order valence-corrected chi connectivity index (χ3v) is 5.91. The van der Waals surface area contributed by atoms with E-state index >= 15 is 0 Å². The van der Waals surface area contributed by atoms with Crippen LogP contribution in [0.15, 0.2) is 47.2 Å². The number of hydrogen-bond acceptors (Lipinski definition) is 5. The quantitative estimate of drug-likeness (QED) is 0.351. The highest BCUT2D eigenvalue weighted by atomic mass is 79.9. The number of alkyl halides is 3. The second-order valence-corrected chi connectivity index (χ2v) is 8.34. The number of ether oxygens (including phenoxy) is 1. The van der Waals surface area contributed by atoms with Gasteiger partial charge in [0.1, 0.15) is 11.3 Å². The van der Waals surface area contributed by atoms with Gasteiger partial charge in [-0.1, -0.05) is 0 Å². The summed E-state index contributed by atoms with van der Waals surface area (Å²) in [5.41, 5.74) is 0.124. The van der Waals surface area contributed by atoms with Gasteiger partial charge in [0.05, 0.1) is 29.2 Å². The lowest BCUT2D eigenvalue weighted by Gasteiger charge is -2.12. The SMILES string of the molecule is COc1ccc(-c2cc(C(F)(F)F)n3ncc(C(=O)NCCCn4cc(Br)c(C)n4)c3n2)cc1. The fourth-order valence-electron chi connectivity index (χ4n) is 3.38. The van der Waals surface area contributed by atoms with Crippen LogP contribution in [-0.2, 0) is 12.7 Å². The third-order valence-electron chi connectivity index (χ3n) is 5.13. The predicted molar refractivity (Wildman–Crippen MR) is 122 cm³/mol. The predicted octanol–water partition coefficient (Wildman–Crippen LogP) is 4.51. The summed E-state index contributed by atoms with van der Waals surface area (Å²) >= 11 is 3.39. The number of amides is 1. The molecule has 0 radical (unpaired) electrons. The Morgan fingerprint density at radius 2 is 1.97 bits per heavy atom. The number of nitrogens with zero attached hydrogens (tertiary/aromatic N) is 5. The highest BCUT2D eigenvalue weighted by molar-refractivity contribution is 9.10. The van der Waals surface area contributed by atoms with E-state index < -0.39 is 17.8 Å². The average molecular weight is 537 g/mol. The summed E-state index contributed by atoms with van der Waals surface area (Å²) in [6, 6.07) is 7.36. The molecule has 0 atom stereocenters. The molecule has 4 aromatic rings. The number of carbonyl (C=O) groups excluding carboxylic acids is 1. The fourth-order valence-corrected chi connectivity index (χ4v) is 3.70. The molecule has 0 aliphatic carbocycles. The molecule has 1 N–H and O–H groups in total. The molecule has 0 saturated heterocycles. The summed E-state index contributed by atoms with van der Waals surface area (Å²) in [5, 5.41) is 10.8. The largest absolute Gasteiger partial charge is 0.497 e. The van der Waals surface area contributed by atoms with Crippen LogP contribution < -0.4 is 10.1 Å². The maximum Gasteiger partial charge on any atom is 0.433 e. The molecule has 178 valence electrons. The van der Waals surface area contributed by atoms with Gasteiger partial charge >= 0.3 is 6.18 Å². The maximum atomic E-state index is 13.8. The second kappa shape index (κ2) is 9.45. The smallest absolute Gasteiger partial charge is 0.433 e. The summed E-state index contributed by atoms with van der Waals surface area (Å²) < 4.78 is 49.7. The van der Waals surface area contributed by atoms with Crippen LogP contribution in [0.5, 0.6) is 5.75 Å². The first-order valence-electron chi connectivity index (χ1n) is 10.3. The van der Waals surface area contributed by atoms with Crippen LogP contribution in [0.2, 0.25) is 0 Å². The van der Waals surface area contributed by atoms with Crippen molar-refractivity contribution in [3.63, 3.8) is 0 Å². The van der Waals surface area contributed by atoms with Crippen molar-refractivity contribution in [3.05, 3.63) is 64.1 Å². The Morgan fingerprint density at radius 3 is 2.59 bits per heavy atom. The topological polar surface area (TPSA) is 86.3 Å². The van der Waals surface area contributed by atoms with Crippen molar-refractivity contribution in [1.82, 2.24) is 29.7 Å². The van der Waals surface area contributed by atoms with Crippen LogP contribution in [0.3, 0.4) is 0 Å². The van der Waals surface area contributed by atoms with Gasteiger partial charge in [0.15, 0.2) is 11.3 Å². The molecule has 1 amide bonds. The van der Waals surface area contributed by atoms with Crippen molar-refractivity contribution in [2.75, 3.05) is 13.7 Å². The Hall–Kier alpha value is -3.41. The Balaban J connectivity index is 1.58. The lowest BCUT2D eigenvalue weighted by Crippen LogP contribution is -2.25. The van der Waals surface area contributed by atoms with Gasteiger partial charge < -0.3 is 10.1 Å². The molecule has 3 aromatic heterocycles. The standard InChI is InChI=1S/C22H20BrF3N6O2/c1-13-17(23)12-31(30-13)9-3-8-27-21(33)16-11-28-32-19(22(24,25)26)10-18(29-20(16)32)14-4-6-15(34-2)7-5-14/h4-7,10-12H,3,8-9H2,1-2H3,(H,27,33). The van der Waals surface area contributed by atoms with Crippen LogP contribution in [-0.4, -0.2) is 43.9 Å². The lowest BCUT2D eigenvalue weighted by molar-refractivity contribution is -0.142. The van der Waals surface area contributed by atoms with E-state index in [2.05, 4.69) is 36.4 Å². The van der Waals surface area contributed by atoms with Crippen LogP contribution in [0.25, 0.3) is 16.9 Å². The summed E-state index contributed by atoms with van der Waals surface area (Å²) in [7, 11) is 1.49. The number of methoxy groups -OCH3 is 1. The Bertz CT molecular complexity index is 1310. The maximum absolute atomic E-state index is 13.8. The minimum atomic E-state index is -4.70.